The summed E-state index contributed by atoms with van der Waals surface area (Å²) in [6.07, 6.45) is 2.16. The Labute approximate surface area is 119 Å². The molecule has 1 unspecified atom stereocenters. The summed E-state index contributed by atoms with van der Waals surface area (Å²) in [5.41, 5.74) is 0.824. The first-order chi connectivity index (χ1) is 9.61. The zero-order valence-electron chi connectivity index (χ0n) is 11.9. The summed E-state index contributed by atoms with van der Waals surface area (Å²) in [7, 11) is 0. The molecule has 1 atom stereocenters. The normalized spacial score (nSPS) is 12.3. The molecular weight excluding hydrogens is 252 g/mol. The first kappa shape index (κ1) is 14.4. The van der Waals surface area contributed by atoms with Gasteiger partial charge in [-0.25, -0.2) is 0 Å². The fourth-order valence-corrected chi connectivity index (χ4v) is 2.08. The van der Waals surface area contributed by atoms with Gasteiger partial charge in [0.1, 0.15) is 5.75 Å². The average Bonchev–Trinajstić information content (AvgIpc) is 2.46. The predicted octanol–water partition coefficient (Wildman–Crippen LogP) is 4.21. The molecule has 0 radical (unpaired) electrons. The Morgan fingerprint density at radius 1 is 1.20 bits per heavy atom. The molecule has 0 aromatic heterocycles. The minimum atomic E-state index is -0.802. The molecule has 0 aliphatic carbocycles. The number of fused-ring (bicyclic) bond motifs is 1. The highest BCUT2D eigenvalue weighted by molar-refractivity contribution is 5.86. The maximum atomic E-state index is 11.0. The molecule has 0 saturated carbocycles. The van der Waals surface area contributed by atoms with E-state index in [0.717, 1.165) is 41.5 Å². The number of rotatable bonds is 6. The van der Waals surface area contributed by atoms with Crippen molar-refractivity contribution >= 4 is 16.7 Å². The van der Waals surface area contributed by atoms with Crippen LogP contribution in [0.5, 0.6) is 5.75 Å². The molecule has 106 valence electrons. The topological polar surface area (TPSA) is 46.5 Å². The van der Waals surface area contributed by atoms with E-state index in [1.54, 1.807) is 6.92 Å². The Kier molecular flexibility index (Phi) is 4.61. The van der Waals surface area contributed by atoms with Gasteiger partial charge >= 0.3 is 5.97 Å². The molecule has 2 aromatic carbocycles. The van der Waals surface area contributed by atoms with Crippen LogP contribution in [-0.2, 0) is 4.79 Å². The SMILES string of the molecule is CCCCOc1ccc2cc(C(C)C(=O)O)ccc2c1. The summed E-state index contributed by atoms with van der Waals surface area (Å²) in [5, 5.41) is 11.2. The fourth-order valence-electron chi connectivity index (χ4n) is 2.08. The molecular formula is C17H20O3. The molecule has 0 amide bonds. The van der Waals surface area contributed by atoms with Crippen LogP contribution in [0, 0.1) is 0 Å². The Morgan fingerprint density at radius 3 is 2.60 bits per heavy atom. The van der Waals surface area contributed by atoms with Crippen LogP contribution in [0.2, 0.25) is 0 Å². The molecule has 0 spiro atoms. The van der Waals surface area contributed by atoms with Crippen molar-refractivity contribution in [3.8, 4) is 5.75 Å². The molecule has 0 aliphatic rings. The van der Waals surface area contributed by atoms with E-state index in [9.17, 15) is 4.79 Å². The van der Waals surface area contributed by atoms with Crippen LogP contribution in [0.1, 0.15) is 38.2 Å². The molecule has 3 nitrogen and oxygen atoms in total. The maximum Gasteiger partial charge on any atom is 0.310 e. The monoisotopic (exact) mass is 272 g/mol. The van der Waals surface area contributed by atoms with E-state index in [-0.39, 0.29) is 0 Å². The van der Waals surface area contributed by atoms with E-state index in [1.165, 1.54) is 0 Å². The molecule has 0 bridgehead atoms. The van der Waals surface area contributed by atoms with Crippen molar-refractivity contribution in [3.63, 3.8) is 0 Å². The van der Waals surface area contributed by atoms with E-state index in [1.807, 2.05) is 36.4 Å². The van der Waals surface area contributed by atoms with Gasteiger partial charge in [-0.15, -0.1) is 0 Å². The van der Waals surface area contributed by atoms with Crippen LogP contribution in [0.3, 0.4) is 0 Å². The Bertz CT molecular complexity index is 604. The number of aliphatic carboxylic acids is 1. The van der Waals surface area contributed by atoms with Crippen LogP contribution >= 0.6 is 0 Å². The summed E-state index contributed by atoms with van der Waals surface area (Å²) in [6, 6.07) is 11.7. The fraction of sp³-hybridized carbons (Fsp3) is 0.353. The van der Waals surface area contributed by atoms with Gasteiger partial charge in [0.2, 0.25) is 0 Å². The van der Waals surface area contributed by atoms with Gasteiger partial charge in [-0.05, 0) is 41.8 Å². The summed E-state index contributed by atoms with van der Waals surface area (Å²) < 4.78 is 5.68. The van der Waals surface area contributed by atoms with Crippen molar-refractivity contribution in [2.75, 3.05) is 6.61 Å². The third kappa shape index (κ3) is 3.29. The van der Waals surface area contributed by atoms with Crippen molar-refractivity contribution < 1.29 is 14.6 Å². The number of hydrogen-bond donors (Lipinski definition) is 1. The standard InChI is InChI=1S/C17H20O3/c1-3-4-9-20-16-8-7-14-10-13(12(2)17(18)19)5-6-15(14)11-16/h5-8,10-12H,3-4,9H2,1-2H3,(H,18,19). The average molecular weight is 272 g/mol. The van der Waals surface area contributed by atoms with Gasteiger partial charge in [0.15, 0.2) is 0 Å². The van der Waals surface area contributed by atoms with Crippen molar-refractivity contribution in [2.45, 2.75) is 32.6 Å². The molecule has 2 rings (SSSR count). The number of carboxylic acid groups (broad SMARTS) is 1. The number of benzene rings is 2. The van der Waals surface area contributed by atoms with E-state index in [4.69, 9.17) is 9.84 Å². The largest absolute Gasteiger partial charge is 0.494 e. The number of carboxylic acids is 1. The smallest absolute Gasteiger partial charge is 0.310 e. The van der Waals surface area contributed by atoms with Crippen molar-refractivity contribution in [1.29, 1.82) is 0 Å². The lowest BCUT2D eigenvalue weighted by molar-refractivity contribution is -0.138. The number of carbonyl (C=O) groups is 1. The second kappa shape index (κ2) is 6.42. The van der Waals surface area contributed by atoms with Gasteiger partial charge in [-0.3, -0.25) is 4.79 Å². The van der Waals surface area contributed by atoms with Gasteiger partial charge in [-0.2, -0.15) is 0 Å². The highest BCUT2D eigenvalue weighted by Gasteiger charge is 2.13. The lowest BCUT2D eigenvalue weighted by Crippen LogP contribution is -2.07. The molecule has 2 aromatic rings. The highest BCUT2D eigenvalue weighted by Crippen LogP contribution is 2.25. The minimum Gasteiger partial charge on any atom is -0.494 e. The van der Waals surface area contributed by atoms with Crippen molar-refractivity contribution in [3.05, 3.63) is 42.0 Å². The van der Waals surface area contributed by atoms with Crippen LogP contribution in [0.4, 0.5) is 0 Å². The minimum absolute atomic E-state index is 0.486. The molecule has 0 saturated heterocycles. The quantitative estimate of drug-likeness (QED) is 0.801. The van der Waals surface area contributed by atoms with E-state index in [0.29, 0.717) is 0 Å². The van der Waals surface area contributed by atoms with Gasteiger partial charge < -0.3 is 9.84 Å². The molecule has 1 N–H and O–H groups in total. The molecule has 0 aliphatic heterocycles. The van der Waals surface area contributed by atoms with E-state index in [2.05, 4.69) is 6.92 Å². The highest BCUT2D eigenvalue weighted by atomic mass is 16.5. The number of unbranched alkanes of at least 4 members (excludes halogenated alkanes) is 1. The molecule has 0 heterocycles. The van der Waals surface area contributed by atoms with Gasteiger partial charge in [0.05, 0.1) is 12.5 Å². The summed E-state index contributed by atoms with van der Waals surface area (Å²) in [5.74, 6) is -0.422. The maximum absolute atomic E-state index is 11.0. The van der Waals surface area contributed by atoms with Gasteiger partial charge in [-0.1, -0.05) is 37.6 Å². The molecule has 0 fully saturated rings. The van der Waals surface area contributed by atoms with Crippen molar-refractivity contribution in [2.24, 2.45) is 0 Å². The zero-order valence-corrected chi connectivity index (χ0v) is 11.9. The van der Waals surface area contributed by atoms with Gasteiger partial charge in [0, 0.05) is 0 Å². The number of hydrogen-bond acceptors (Lipinski definition) is 2. The summed E-state index contributed by atoms with van der Waals surface area (Å²) >= 11 is 0. The first-order valence-electron chi connectivity index (χ1n) is 7.01. The number of ether oxygens (including phenoxy) is 1. The second-order valence-corrected chi connectivity index (χ2v) is 5.03. The Balaban J connectivity index is 2.23. The molecule has 3 heteroatoms. The lowest BCUT2D eigenvalue weighted by Gasteiger charge is -2.10. The second-order valence-electron chi connectivity index (χ2n) is 5.03. The lowest BCUT2D eigenvalue weighted by atomic mass is 9.98. The molecule has 20 heavy (non-hydrogen) atoms. The van der Waals surface area contributed by atoms with E-state index >= 15 is 0 Å². The Hall–Kier alpha value is -2.03. The Morgan fingerprint density at radius 2 is 1.90 bits per heavy atom. The first-order valence-corrected chi connectivity index (χ1v) is 7.01. The van der Waals surface area contributed by atoms with Crippen LogP contribution in [0.25, 0.3) is 10.8 Å². The van der Waals surface area contributed by atoms with Crippen molar-refractivity contribution in [1.82, 2.24) is 0 Å². The third-order valence-corrected chi connectivity index (χ3v) is 3.47. The zero-order chi connectivity index (χ0) is 14.5. The summed E-state index contributed by atoms with van der Waals surface area (Å²) in [4.78, 5) is 11.0. The van der Waals surface area contributed by atoms with Crippen LogP contribution < -0.4 is 4.74 Å². The van der Waals surface area contributed by atoms with Crippen LogP contribution in [0.15, 0.2) is 36.4 Å². The van der Waals surface area contributed by atoms with Crippen LogP contribution in [-0.4, -0.2) is 17.7 Å². The third-order valence-electron chi connectivity index (χ3n) is 3.47. The predicted molar refractivity (Wildman–Crippen MR) is 80.4 cm³/mol. The van der Waals surface area contributed by atoms with E-state index < -0.39 is 11.9 Å². The van der Waals surface area contributed by atoms with Gasteiger partial charge in [0.25, 0.3) is 0 Å². The summed E-state index contributed by atoms with van der Waals surface area (Å²) in [6.45, 7) is 4.57.